The minimum absolute atomic E-state index is 0.0511. The van der Waals surface area contributed by atoms with Crippen molar-refractivity contribution in [3.05, 3.63) is 34.9 Å². The highest BCUT2D eigenvalue weighted by atomic mass is 16.4. The van der Waals surface area contributed by atoms with Gasteiger partial charge in [0.1, 0.15) is 5.78 Å². The number of ketones is 1. The topological polar surface area (TPSA) is 74.6 Å². The van der Waals surface area contributed by atoms with Crippen LogP contribution in [0, 0.1) is 39.4 Å². The smallest absolute Gasteiger partial charge is 0.306 e. The second-order valence-electron chi connectivity index (χ2n) is 13.1. The van der Waals surface area contributed by atoms with Gasteiger partial charge in [-0.1, -0.05) is 58.4 Å². The van der Waals surface area contributed by atoms with E-state index in [0.717, 1.165) is 25.7 Å². The highest BCUT2D eigenvalue weighted by Crippen LogP contribution is 2.71. The van der Waals surface area contributed by atoms with Crippen LogP contribution in [0.2, 0.25) is 0 Å². The predicted octanol–water partition coefficient (Wildman–Crippen LogP) is 6.50. The molecule has 0 aromatic rings. The Balaban J connectivity index is 1.75. The van der Waals surface area contributed by atoms with Gasteiger partial charge >= 0.3 is 5.97 Å². The molecule has 4 aliphatic rings. The Kier molecular flexibility index (Phi) is 6.12. The lowest BCUT2D eigenvalue weighted by atomic mass is 9.44. The van der Waals surface area contributed by atoms with Crippen molar-refractivity contribution in [1.29, 1.82) is 0 Å². The summed E-state index contributed by atoms with van der Waals surface area (Å²) in [6, 6.07) is 0. The van der Waals surface area contributed by atoms with Gasteiger partial charge in [0, 0.05) is 23.2 Å². The van der Waals surface area contributed by atoms with Crippen molar-refractivity contribution in [2.45, 2.75) is 99.5 Å². The molecule has 0 aromatic heterocycles. The molecule has 0 aromatic carbocycles. The average Bonchev–Trinajstić information content (AvgIpc) is 2.94. The summed E-state index contributed by atoms with van der Waals surface area (Å²) in [5.74, 6) is -0.984. The van der Waals surface area contributed by atoms with Gasteiger partial charge in [-0.15, -0.1) is 0 Å². The molecule has 0 aliphatic heterocycles. The third-order valence-corrected chi connectivity index (χ3v) is 10.8. The van der Waals surface area contributed by atoms with Crippen molar-refractivity contribution in [3.63, 3.8) is 0 Å². The quantitative estimate of drug-likeness (QED) is 0.452. The van der Waals surface area contributed by atoms with Crippen LogP contribution < -0.4 is 0 Å². The number of aliphatic hydroxyl groups excluding tert-OH is 1. The Morgan fingerprint density at radius 3 is 2.44 bits per heavy atom. The van der Waals surface area contributed by atoms with Gasteiger partial charge in [0.05, 0.1) is 12.0 Å². The predicted molar refractivity (Wildman–Crippen MR) is 135 cm³/mol. The summed E-state index contributed by atoms with van der Waals surface area (Å²) in [6.45, 7) is 15.1. The molecular weight excluding hydrogens is 424 g/mol. The lowest BCUT2D eigenvalue weighted by Gasteiger charge is -2.59. The fourth-order valence-corrected chi connectivity index (χ4v) is 8.64. The molecule has 2 N–H and O–H groups in total. The first-order chi connectivity index (χ1) is 15.7. The zero-order valence-corrected chi connectivity index (χ0v) is 22.2. The number of carbonyl (C=O) groups excluding carboxylic acids is 1. The van der Waals surface area contributed by atoms with E-state index >= 15 is 0 Å². The van der Waals surface area contributed by atoms with E-state index in [1.54, 1.807) is 0 Å². The lowest BCUT2D eigenvalue weighted by molar-refractivity contribution is -0.148. The molecule has 2 saturated carbocycles. The molecule has 0 spiro atoms. The maximum Gasteiger partial charge on any atom is 0.306 e. The van der Waals surface area contributed by atoms with Crippen molar-refractivity contribution < 1.29 is 19.8 Å². The molecule has 0 bridgehead atoms. The number of carbonyl (C=O) groups is 2. The molecule has 0 heterocycles. The Morgan fingerprint density at radius 2 is 1.82 bits per heavy atom. The normalized spacial score (nSPS) is 41.4. The molecule has 0 radical (unpaired) electrons. The molecule has 2 fully saturated rings. The summed E-state index contributed by atoms with van der Waals surface area (Å²) in [5.41, 5.74) is 2.90. The number of hydrogen-bond acceptors (Lipinski definition) is 3. The molecule has 4 nitrogen and oxygen atoms in total. The van der Waals surface area contributed by atoms with E-state index in [1.807, 2.05) is 13.8 Å². The zero-order chi connectivity index (χ0) is 25.3. The molecule has 1 unspecified atom stereocenters. The highest BCUT2D eigenvalue weighted by Gasteiger charge is 2.66. The summed E-state index contributed by atoms with van der Waals surface area (Å²) in [5, 5.41) is 21.6. The molecule has 4 heteroatoms. The van der Waals surface area contributed by atoms with Crippen LogP contribution in [0.5, 0.6) is 0 Å². The zero-order valence-electron chi connectivity index (χ0n) is 22.2. The van der Waals surface area contributed by atoms with E-state index in [1.165, 1.54) is 16.7 Å². The van der Waals surface area contributed by atoms with Crippen LogP contribution in [-0.4, -0.2) is 28.1 Å². The molecule has 4 rings (SSSR count). The monoisotopic (exact) mass is 468 g/mol. The van der Waals surface area contributed by atoms with Crippen LogP contribution in [0.15, 0.2) is 34.9 Å². The maximum atomic E-state index is 12.8. The van der Waals surface area contributed by atoms with E-state index in [9.17, 15) is 19.8 Å². The van der Waals surface area contributed by atoms with Crippen molar-refractivity contribution in [1.82, 2.24) is 0 Å². The van der Waals surface area contributed by atoms with Crippen LogP contribution in [-0.2, 0) is 9.59 Å². The number of carboxylic acid groups (broad SMARTS) is 1. The second-order valence-corrected chi connectivity index (χ2v) is 13.1. The highest BCUT2D eigenvalue weighted by molar-refractivity contribution is 5.86. The number of carboxylic acids is 1. The van der Waals surface area contributed by atoms with Gasteiger partial charge < -0.3 is 10.2 Å². The summed E-state index contributed by atoms with van der Waals surface area (Å²) in [7, 11) is 0. The molecule has 188 valence electrons. The standard InChI is InChI=1S/C30H44O4/c1-18(2)9-8-10-19(26(33)34)25-22(31)17-30(7)21-11-12-23-27(3,4)24(32)14-15-28(23,5)20(21)13-16-29(25,30)6/h9,11,13,19,22-23,25,31H,8,10,12,14-17H2,1-7H3,(H,33,34)/t19-,22-,23?,25+,28-,29-,30+/m1/s1. The molecular formula is C30H44O4. The maximum absolute atomic E-state index is 12.8. The number of aliphatic carboxylic acids is 1. The Hall–Kier alpha value is -1.68. The second kappa shape index (κ2) is 8.18. The minimum atomic E-state index is -0.788. The number of allylic oxidation sites excluding steroid dienone is 6. The van der Waals surface area contributed by atoms with Crippen LogP contribution in [0.3, 0.4) is 0 Å². The summed E-state index contributed by atoms with van der Waals surface area (Å²) >= 11 is 0. The Labute approximate surface area is 205 Å². The van der Waals surface area contributed by atoms with E-state index in [2.05, 4.69) is 52.8 Å². The van der Waals surface area contributed by atoms with Gasteiger partial charge in [-0.3, -0.25) is 9.59 Å². The largest absolute Gasteiger partial charge is 0.481 e. The molecule has 7 atom stereocenters. The summed E-state index contributed by atoms with van der Waals surface area (Å²) in [6.07, 6.45) is 11.2. The van der Waals surface area contributed by atoms with E-state index < -0.39 is 18.0 Å². The van der Waals surface area contributed by atoms with E-state index in [4.69, 9.17) is 0 Å². The van der Waals surface area contributed by atoms with Gasteiger partial charge in [-0.05, 0) is 80.3 Å². The minimum Gasteiger partial charge on any atom is -0.481 e. The third-order valence-electron chi connectivity index (χ3n) is 10.8. The first-order valence-corrected chi connectivity index (χ1v) is 13.2. The third kappa shape index (κ3) is 3.42. The van der Waals surface area contributed by atoms with Crippen LogP contribution >= 0.6 is 0 Å². The molecule has 0 amide bonds. The molecule has 0 saturated heterocycles. The van der Waals surface area contributed by atoms with Crippen LogP contribution in [0.25, 0.3) is 0 Å². The average molecular weight is 469 g/mol. The number of rotatable bonds is 5. The molecule has 34 heavy (non-hydrogen) atoms. The van der Waals surface area contributed by atoms with Gasteiger partial charge in [0.2, 0.25) is 0 Å². The van der Waals surface area contributed by atoms with Crippen LogP contribution in [0.4, 0.5) is 0 Å². The van der Waals surface area contributed by atoms with Gasteiger partial charge in [-0.2, -0.15) is 0 Å². The van der Waals surface area contributed by atoms with Crippen molar-refractivity contribution >= 4 is 11.8 Å². The number of hydrogen-bond donors (Lipinski definition) is 2. The van der Waals surface area contributed by atoms with Crippen LogP contribution in [0.1, 0.15) is 93.4 Å². The Bertz CT molecular complexity index is 980. The van der Waals surface area contributed by atoms with Crippen molar-refractivity contribution in [3.8, 4) is 0 Å². The first kappa shape index (κ1) is 25.4. The van der Waals surface area contributed by atoms with Gasteiger partial charge in [0.25, 0.3) is 0 Å². The van der Waals surface area contributed by atoms with E-state index in [0.29, 0.717) is 25.0 Å². The molecule has 4 aliphatic carbocycles. The SMILES string of the molecule is CC(C)=CCC[C@@H](C(=O)O)[C@H]1[C@H](O)C[C@@]2(C)C3=CCC4C(C)(C)C(=O)CC[C@]4(C)C3=CC[C@]12C. The van der Waals surface area contributed by atoms with Gasteiger partial charge in [-0.25, -0.2) is 0 Å². The number of fused-ring (bicyclic) bond motifs is 5. The summed E-state index contributed by atoms with van der Waals surface area (Å²) < 4.78 is 0. The van der Waals surface area contributed by atoms with Crippen molar-refractivity contribution in [2.24, 2.45) is 39.4 Å². The first-order valence-electron chi connectivity index (χ1n) is 13.2. The van der Waals surface area contributed by atoms with Gasteiger partial charge in [0.15, 0.2) is 0 Å². The van der Waals surface area contributed by atoms with Crippen molar-refractivity contribution in [2.75, 3.05) is 0 Å². The number of aliphatic hydroxyl groups is 1. The fourth-order valence-electron chi connectivity index (χ4n) is 8.64. The van der Waals surface area contributed by atoms with E-state index in [-0.39, 0.29) is 33.5 Å². The number of Topliss-reactive ketones (excluding diaryl/α,β-unsaturated/α-hetero) is 1. The summed E-state index contributed by atoms with van der Waals surface area (Å²) in [4.78, 5) is 25.2. The lowest BCUT2D eigenvalue weighted by Crippen LogP contribution is -2.53. The fraction of sp³-hybridized carbons (Fsp3) is 0.733. The Morgan fingerprint density at radius 1 is 1.15 bits per heavy atom.